The highest BCUT2D eigenvalue weighted by molar-refractivity contribution is 5.41. The second-order valence-corrected chi connectivity index (χ2v) is 5.42. The van der Waals surface area contributed by atoms with Crippen molar-refractivity contribution >= 4 is 5.65 Å². The number of rotatable bonds is 1. The van der Waals surface area contributed by atoms with Gasteiger partial charge < -0.3 is 5.73 Å². The Kier molecular flexibility index (Phi) is 2.58. The average Bonchev–Trinajstić information content (AvgIpc) is 2.60. The van der Waals surface area contributed by atoms with Crippen LogP contribution in [-0.2, 0) is 5.41 Å². The molecule has 2 rings (SSSR count). The Hall–Kier alpha value is -1.62. The molecular formula is C12H18N4O. The maximum atomic E-state index is 11.9. The van der Waals surface area contributed by atoms with Crippen LogP contribution in [0.4, 0.5) is 0 Å². The summed E-state index contributed by atoms with van der Waals surface area (Å²) in [5.74, 6) is 0. The van der Waals surface area contributed by atoms with Gasteiger partial charge in [-0.25, -0.2) is 9.50 Å². The highest BCUT2D eigenvalue weighted by Gasteiger charge is 2.18. The van der Waals surface area contributed by atoms with Crippen molar-refractivity contribution in [1.29, 1.82) is 0 Å². The standard InChI is InChI=1S/C12H18N4O/c1-7(13)8-5-11(17)16-10(14-8)6-9(15-16)12(2,3)4/h5-7,15H,13H2,1-4H3. The molecule has 5 heteroatoms. The lowest BCUT2D eigenvalue weighted by atomic mass is 9.93. The molecule has 2 heterocycles. The van der Waals surface area contributed by atoms with E-state index >= 15 is 0 Å². The lowest BCUT2D eigenvalue weighted by molar-refractivity contribution is 0.561. The Morgan fingerprint density at radius 2 is 2.06 bits per heavy atom. The third-order valence-corrected chi connectivity index (χ3v) is 2.74. The zero-order chi connectivity index (χ0) is 12.8. The quantitative estimate of drug-likeness (QED) is 0.781. The van der Waals surface area contributed by atoms with Gasteiger partial charge in [0.25, 0.3) is 5.56 Å². The number of H-pyrrole nitrogens is 1. The highest BCUT2D eigenvalue weighted by atomic mass is 16.1. The molecule has 2 aromatic heterocycles. The number of aromatic nitrogens is 3. The molecule has 3 N–H and O–H groups in total. The summed E-state index contributed by atoms with van der Waals surface area (Å²) >= 11 is 0. The van der Waals surface area contributed by atoms with Gasteiger partial charge in [0.2, 0.25) is 0 Å². The molecule has 2 aromatic rings. The maximum absolute atomic E-state index is 11.9. The van der Waals surface area contributed by atoms with E-state index in [1.54, 1.807) is 0 Å². The van der Waals surface area contributed by atoms with Gasteiger partial charge in [0.15, 0.2) is 5.65 Å². The van der Waals surface area contributed by atoms with E-state index in [0.717, 1.165) is 5.69 Å². The largest absolute Gasteiger partial charge is 0.323 e. The Balaban J connectivity index is 2.70. The van der Waals surface area contributed by atoms with E-state index < -0.39 is 0 Å². The van der Waals surface area contributed by atoms with Crippen LogP contribution in [-0.4, -0.2) is 14.6 Å². The second kappa shape index (κ2) is 3.70. The zero-order valence-electron chi connectivity index (χ0n) is 10.6. The van der Waals surface area contributed by atoms with Gasteiger partial charge in [-0.1, -0.05) is 20.8 Å². The molecule has 0 aliphatic rings. The molecule has 0 aliphatic heterocycles. The van der Waals surface area contributed by atoms with E-state index in [4.69, 9.17) is 5.73 Å². The summed E-state index contributed by atoms with van der Waals surface area (Å²) in [4.78, 5) is 16.3. The van der Waals surface area contributed by atoms with Gasteiger partial charge in [-0.15, -0.1) is 0 Å². The van der Waals surface area contributed by atoms with Crippen molar-refractivity contribution in [2.75, 3.05) is 0 Å². The van der Waals surface area contributed by atoms with Gasteiger partial charge >= 0.3 is 0 Å². The predicted octanol–water partition coefficient (Wildman–Crippen LogP) is 1.34. The summed E-state index contributed by atoms with van der Waals surface area (Å²) in [5.41, 5.74) is 7.79. The monoisotopic (exact) mass is 234 g/mol. The van der Waals surface area contributed by atoms with E-state index in [2.05, 4.69) is 30.9 Å². The van der Waals surface area contributed by atoms with Crippen molar-refractivity contribution in [2.24, 2.45) is 5.73 Å². The van der Waals surface area contributed by atoms with E-state index in [1.165, 1.54) is 10.6 Å². The molecule has 1 atom stereocenters. The fourth-order valence-electron chi connectivity index (χ4n) is 1.63. The van der Waals surface area contributed by atoms with Crippen molar-refractivity contribution in [2.45, 2.75) is 39.2 Å². The molecule has 0 amide bonds. The number of hydrogen-bond donors (Lipinski definition) is 2. The molecule has 0 spiro atoms. The van der Waals surface area contributed by atoms with Gasteiger partial charge in [0.05, 0.1) is 5.69 Å². The highest BCUT2D eigenvalue weighted by Crippen LogP contribution is 2.21. The summed E-state index contributed by atoms with van der Waals surface area (Å²) in [6.07, 6.45) is 0. The number of nitrogens with two attached hydrogens (primary N) is 1. The molecule has 0 radical (unpaired) electrons. The summed E-state index contributed by atoms with van der Waals surface area (Å²) in [6.45, 7) is 8.05. The summed E-state index contributed by atoms with van der Waals surface area (Å²) < 4.78 is 1.45. The summed E-state index contributed by atoms with van der Waals surface area (Å²) in [7, 11) is 0. The van der Waals surface area contributed by atoms with Crippen LogP contribution in [0.3, 0.4) is 0 Å². The lowest BCUT2D eigenvalue weighted by Gasteiger charge is -2.14. The molecule has 92 valence electrons. The second-order valence-electron chi connectivity index (χ2n) is 5.42. The number of nitrogens with zero attached hydrogens (tertiary/aromatic N) is 2. The van der Waals surface area contributed by atoms with Crippen LogP contribution in [0, 0.1) is 0 Å². The van der Waals surface area contributed by atoms with Crippen LogP contribution < -0.4 is 11.3 Å². The van der Waals surface area contributed by atoms with Crippen LogP contribution in [0.15, 0.2) is 16.9 Å². The number of hydrogen-bond acceptors (Lipinski definition) is 3. The Morgan fingerprint density at radius 1 is 1.41 bits per heavy atom. The van der Waals surface area contributed by atoms with Crippen LogP contribution in [0.5, 0.6) is 0 Å². The maximum Gasteiger partial charge on any atom is 0.272 e. The third-order valence-electron chi connectivity index (χ3n) is 2.74. The lowest BCUT2D eigenvalue weighted by Crippen LogP contribution is -2.19. The normalized spacial score (nSPS) is 14.2. The SMILES string of the molecule is CC(N)c1cc(=O)n2[nH]c(C(C)(C)C)cc2n1. The van der Waals surface area contributed by atoms with Crippen molar-refractivity contribution in [3.8, 4) is 0 Å². The van der Waals surface area contributed by atoms with Gasteiger partial charge in [0, 0.05) is 29.3 Å². The molecule has 1 unspecified atom stereocenters. The number of aromatic amines is 1. The predicted molar refractivity (Wildman–Crippen MR) is 67.1 cm³/mol. The van der Waals surface area contributed by atoms with E-state index in [9.17, 15) is 4.79 Å². The fraction of sp³-hybridized carbons (Fsp3) is 0.500. The first kappa shape index (κ1) is 11.9. The molecule has 0 bridgehead atoms. The minimum atomic E-state index is -0.235. The van der Waals surface area contributed by atoms with Crippen LogP contribution in [0.2, 0.25) is 0 Å². The Morgan fingerprint density at radius 3 is 2.59 bits per heavy atom. The van der Waals surface area contributed by atoms with E-state index in [-0.39, 0.29) is 17.0 Å². The van der Waals surface area contributed by atoms with Crippen LogP contribution in [0.25, 0.3) is 5.65 Å². The molecule has 0 saturated heterocycles. The first-order valence-electron chi connectivity index (χ1n) is 5.68. The smallest absolute Gasteiger partial charge is 0.272 e. The van der Waals surface area contributed by atoms with Crippen LogP contribution in [0.1, 0.15) is 45.1 Å². The molecule has 5 nitrogen and oxygen atoms in total. The van der Waals surface area contributed by atoms with E-state index in [0.29, 0.717) is 11.3 Å². The van der Waals surface area contributed by atoms with E-state index in [1.807, 2.05) is 13.0 Å². The first-order chi connectivity index (χ1) is 7.79. The van der Waals surface area contributed by atoms with Crippen molar-refractivity contribution in [3.05, 3.63) is 33.9 Å². The first-order valence-corrected chi connectivity index (χ1v) is 5.68. The molecule has 0 aliphatic carbocycles. The van der Waals surface area contributed by atoms with Gasteiger partial charge in [-0.2, -0.15) is 0 Å². The molecule has 17 heavy (non-hydrogen) atoms. The molecular weight excluding hydrogens is 216 g/mol. The summed E-state index contributed by atoms with van der Waals surface area (Å²) in [5, 5.41) is 3.07. The minimum Gasteiger partial charge on any atom is -0.323 e. The van der Waals surface area contributed by atoms with Gasteiger partial charge in [-0.05, 0) is 6.92 Å². The fourth-order valence-corrected chi connectivity index (χ4v) is 1.63. The Bertz CT molecular complexity index is 601. The van der Waals surface area contributed by atoms with Crippen molar-refractivity contribution < 1.29 is 0 Å². The number of fused-ring (bicyclic) bond motifs is 1. The van der Waals surface area contributed by atoms with Crippen molar-refractivity contribution in [3.63, 3.8) is 0 Å². The minimum absolute atomic E-state index is 0.0470. The number of nitrogens with one attached hydrogen (secondary N) is 1. The molecule has 0 aromatic carbocycles. The zero-order valence-corrected chi connectivity index (χ0v) is 10.6. The van der Waals surface area contributed by atoms with Crippen molar-refractivity contribution in [1.82, 2.24) is 14.6 Å². The van der Waals surface area contributed by atoms with Crippen LogP contribution >= 0.6 is 0 Å². The Labute approximate surface area is 99.6 Å². The summed E-state index contributed by atoms with van der Waals surface area (Å²) in [6, 6.07) is 3.13. The molecule has 0 fully saturated rings. The third kappa shape index (κ3) is 2.10. The topological polar surface area (TPSA) is 76.2 Å². The van der Waals surface area contributed by atoms with Gasteiger partial charge in [0.1, 0.15) is 0 Å². The average molecular weight is 234 g/mol. The van der Waals surface area contributed by atoms with Gasteiger partial charge in [-0.3, -0.25) is 9.89 Å². The molecule has 0 saturated carbocycles.